The lowest BCUT2D eigenvalue weighted by Gasteiger charge is -2.09. The second-order valence-corrected chi connectivity index (χ2v) is 4.73. The highest BCUT2D eigenvalue weighted by Gasteiger charge is 2.30. The molecule has 1 heterocycles. The van der Waals surface area contributed by atoms with Crippen LogP contribution in [0.4, 0.5) is 13.2 Å². The van der Waals surface area contributed by atoms with Gasteiger partial charge in [0.15, 0.2) is 0 Å². The average molecular weight is 274 g/mol. The summed E-state index contributed by atoms with van der Waals surface area (Å²) < 4.78 is 38.4. The van der Waals surface area contributed by atoms with Crippen LogP contribution in [0, 0.1) is 13.0 Å². The predicted octanol–water partition coefficient (Wildman–Crippen LogP) is 4.96. The number of aryl methyl sites for hydroxylation is 1. The van der Waals surface area contributed by atoms with Crippen LogP contribution in [0.5, 0.6) is 0 Å². The molecule has 1 radical (unpaired) electrons. The van der Waals surface area contributed by atoms with Gasteiger partial charge < -0.3 is 4.98 Å². The first-order chi connectivity index (χ1) is 9.45. The minimum absolute atomic E-state index is 0.531. The van der Waals surface area contributed by atoms with Crippen molar-refractivity contribution in [1.29, 1.82) is 0 Å². The predicted molar refractivity (Wildman–Crippen MR) is 72.3 cm³/mol. The molecule has 0 bridgehead atoms. The van der Waals surface area contributed by atoms with Gasteiger partial charge >= 0.3 is 6.18 Å². The molecule has 0 saturated heterocycles. The molecule has 0 atom stereocenters. The Morgan fingerprint density at radius 1 is 1.10 bits per heavy atom. The smallest absolute Gasteiger partial charge is 0.358 e. The first-order valence-electron chi connectivity index (χ1n) is 6.12. The Balaban J connectivity index is 2.21. The molecule has 0 aliphatic carbocycles. The summed E-state index contributed by atoms with van der Waals surface area (Å²) in [5.74, 6) is 0. The summed E-state index contributed by atoms with van der Waals surface area (Å²) in [6.07, 6.45) is -4.33. The van der Waals surface area contributed by atoms with E-state index in [0.29, 0.717) is 5.56 Å². The highest BCUT2D eigenvalue weighted by Crippen LogP contribution is 2.34. The largest absolute Gasteiger partial charge is 0.416 e. The highest BCUT2D eigenvalue weighted by atomic mass is 19.4. The molecule has 0 amide bonds. The zero-order valence-electron chi connectivity index (χ0n) is 10.7. The monoisotopic (exact) mass is 274 g/mol. The summed E-state index contributed by atoms with van der Waals surface area (Å²) in [5, 5.41) is 0.942. The van der Waals surface area contributed by atoms with Gasteiger partial charge in [0.2, 0.25) is 0 Å². The van der Waals surface area contributed by atoms with E-state index < -0.39 is 11.7 Å². The van der Waals surface area contributed by atoms with Crippen molar-refractivity contribution >= 4 is 10.9 Å². The van der Waals surface area contributed by atoms with Crippen LogP contribution in [0.2, 0.25) is 0 Å². The highest BCUT2D eigenvalue weighted by molar-refractivity contribution is 5.94. The van der Waals surface area contributed by atoms with Crippen molar-refractivity contribution in [2.24, 2.45) is 0 Å². The number of nitrogens with one attached hydrogen (secondary N) is 1. The topological polar surface area (TPSA) is 15.8 Å². The van der Waals surface area contributed by atoms with Crippen molar-refractivity contribution in [2.45, 2.75) is 13.1 Å². The maximum absolute atomic E-state index is 12.8. The lowest BCUT2D eigenvalue weighted by atomic mass is 10.0. The molecule has 4 heteroatoms. The van der Waals surface area contributed by atoms with Crippen LogP contribution in [0.15, 0.2) is 42.5 Å². The van der Waals surface area contributed by atoms with Crippen molar-refractivity contribution < 1.29 is 13.2 Å². The van der Waals surface area contributed by atoms with E-state index in [4.69, 9.17) is 0 Å². The van der Waals surface area contributed by atoms with Gasteiger partial charge in [-0.15, -0.1) is 0 Å². The van der Waals surface area contributed by atoms with Gasteiger partial charge in [0.1, 0.15) is 0 Å². The third kappa shape index (κ3) is 2.18. The van der Waals surface area contributed by atoms with Crippen LogP contribution in [-0.4, -0.2) is 4.98 Å². The SMILES string of the molecule is Cc1cc2c[c]cc(-c3cccc(C(F)(F)F)c3)c2[nH]1. The number of alkyl halides is 3. The normalized spacial score (nSPS) is 12.0. The summed E-state index contributed by atoms with van der Waals surface area (Å²) in [7, 11) is 0. The van der Waals surface area contributed by atoms with Crippen LogP contribution in [0.3, 0.4) is 0 Å². The number of aromatic amines is 1. The second kappa shape index (κ2) is 4.40. The van der Waals surface area contributed by atoms with Crippen molar-refractivity contribution in [3.63, 3.8) is 0 Å². The third-order valence-electron chi connectivity index (χ3n) is 3.22. The van der Waals surface area contributed by atoms with E-state index in [-0.39, 0.29) is 0 Å². The number of benzene rings is 2. The van der Waals surface area contributed by atoms with Gasteiger partial charge in [0.25, 0.3) is 0 Å². The molecule has 0 unspecified atom stereocenters. The minimum Gasteiger partial charge on any atom is -0.358 e. The van der Waals surface area contributed by atoms with Gasteiger partial charge in [-0.25, -0.2) is 0 Å². The summed E-state index contributed by atoms with van der Waals surface area (Å²) in [5.41, 5.74) is 2.41. The van der Waals surface area contributed by atoms with E-state index in [1.165, 1.54) is 12.1 Å². The first kappa shape index (κ1) is 12.8. The number of rotatable bonds is 1. The quantitative estimate of drug-likeness (QED) is 0.645. The number of halogens is 3. The van der Waals surface area contributed by atoms with E-state index in [1.807, 2.05) is 19.1 Å². The summed E-state index contributed by atoms with van der Waals surface area (Å²) >= 11 is 0. The van der Waals surface area contributed by atoms with Crippen molar-refractivity contribution in [2.75, 3.05) is 0 Å². The Morgan fingerprint density at radius 3 is 2.65 bits per heavy atom. The van der Waals surface area contributed by atoms with E-state index in [9.17, 15) is 13.2 Å². The van der Waals surface area contributed by atoms with E-state index >= 15 is 0 Å². The zero-order valence-corrected chi connectivity index (χ0v) is 10.7. The van der Waals surface area contributed by atoms with Crippen molar-refractivity contribution in [3.05, 3.63) is 59.8 Å². The molecule has 0 aliphatic heterocycles. The molecule has 2 aromatic carbocycles. The van der Waals surface area contributed by atoms with Gasteiger partial charge in [-0.2, -0.15) is 13.2 Å². The molecule has 101 valence electrons. The molecular formula is C16H11F3N. The molecule has 0 spiro atoms. The van der Waals surface area contributed by atoms with Crippen molar-refractivity contribution in [3.8, 4) is 11.1 Å². The fourth-order valence-electron chi connectivity index (χ4n) is 2.33. The van der Waals surface area contributed by atoms with Crippen LogP contribution in [0.1, 0.15) is 11.3 Å². The second-order valence-electron chi connectivity index (χ2n) is 4.73. The van der Waals surface area contributed by atoms with E-state index in [1.54, 1.807) is 12.1 Å². The van der Waals surface area contributed by atoms with Crippen LogP contribution < -0.4 is 0 Å². The Hall–Kier alpha value is -2.23. The Kier molecular flexibility index (Phi) is 2.82. The fraction of sp³-hybridized carbons (Fsp3) is 0.125. The van der Waals surface area contributed by atoms with Gasteiger partial charge in [-0.3, -0.25) is 0 Å². The first-order valence-corrected chi connectivity index (χ1v) is 6.12. The van der Waals surface area contributed by atoms with E-state index in [2.05, 4.69) is 11.1 Å². The molecule has 3 aromatic rings. The fourth-order valence-corrected chi connectivity index (χ4v) is 2.33. The summed E-state index contributed by atoms with van der Waals surface area (Å²) in [4.78, 5) is 3.18. The van der Waals surface area contributed by atoms with Gasteiger partial charge in [0, 0.05) is 16.6 Å². The van der Waals surface area contributed by atoms with Crippen LogP contribution in [-0.2, 0) is 6.18 Å². The molecule has 0 fully saturated rings. The maximum atomic E-state index is 12.8. The molecule has 1 nitrogen and oxygen atoms in total. The number of H-pyrrole nitrogens is 1. The van der Waals surface area contributed by atoms with E-state index in [0.717, 1.165) is 28.2 Å². The minimum atomic E-state index is -4.33. The molecule has 20 heavy (non-hydrogen) atoms. The van der Waals surface area contributed by atoms with Crippen LogP contribution in [0.25, 0.3) is 22.0 Å². The number of fused-ring (bicyclic) bond motifs is 1. The summed E-state index contributed by atoms with van der Waals surface area (Å²) in [6, 6.07) is 13.8. The number of hydrogen-bond donors (Lipinski definition) is 1. The molecule has 0 saturated carbocycles. The molecule has 3 rings (SSSR count). The molecule has 1 N–H and O–H groups in total. The van der Waals surface area contributed by atoms with Crippen LogP contribution >= 0.6 is 0 Å². The maximum Gasteiger partial charge on any atom is 0.416 e. The lowest BCUT2D eigenvalue weighted by Crippen LogP contribution is -2.04. The Morgan fingerprint density at radius 2 is 1.90 bits per heavy atom. The third-order valence-corrected chi connectivity index (χ3v) is 3.22. The average Bonchev–Trinajstić information content (AvgIpc) is 2.77. The Labute approximate surface area is 114 Å². The summed E-state index contributed by atoms with van der Waals surface area (Å²) in [6.45, 7) is 1.91. The van der Waals surface area contributed by atoms with Crippen molar-refractivity contribution in [1.82, 2.24) is 4.98 Å². The Bertz CT molecular complexity index is 769. The zero-order chi connectivity index (χ0) is 14.3. The standard InChI is InChI=1S/C16H11F3N/c1-10-8-12-5-3-7-14(15(12)20-10)11-4-2-6-13(9-11)16(17,18)19/h2,4-9,20H,1H3. The molecule has 0 aliphatic rings. The van der Waals surface area contributed by atoms with Gasteiger partial charge in [-0.1, -0.05) is 12.1 Å². The molecular weight excluding hydrogens is 263 g/mol. The lowest BCUT2D eigenvalue weighted by molar-refractivity contribution is -0.137. The number of aromatic nitrogens is 1. The van der Waals surface area contributed by atoms with Gasteiger partial charge in [0.05, 0.1) is 11.1 Å². The molecule has 1 aromatic heterocycles. The van der Waals surface area contributed by atoms with Gasteiger partial charge in [-0.05, 0) is 48.9 Å². The number of hydrogen-bond acceptors (Lipinski definition) is 0.